The lowest BCUT2D eigenvalue weighted by Gasteiger charge is -2.35. The lowest BCUT2D eigenvalue weighted by molar-refractivity contribution is -0.134. The summed E-state index contributed by atoms with van der Waals surface area (Å²) in [6, 6.07) is 7.63. The van der Waals surface area contributed by atoms with Crippen molar-refractivity contribution in [2.24, 2.45) is 0 Å². The summed E-state index contributed by atoms with van der Waals surface area (Å²) < 4.78 is 4.96. The number of ether oxygens (including phenoxy) is 1. The number of amides is 3. The van der Waals surface area contributed by atoms with Gasteiger partial charge in [-0.15, -0.1) is 11.8 Å². The fourth-order valence-corrected chi connectivity index (χ4v) is 4.48. The van der Waals surface area contributed by atoms with Crippen LogP contribution in [0, 0.1) is 0 Å². The number of nitrogens with one attached hydrogen (secondary N) is 2. The number of carbonyl (C=O) groups excluding carboxylic acids is 3. The minimum Gasteiger partial charge on any atom is -0.385 e. The van der Waals surface area contributed by atoms with Gasteiger partial charge in [-0.05, 0) is 18.6 Å². The number of methoxy groups -OCH3 is 1. The Balaban J connectivity index is 1.40. The molecule has 158 valence electrons. The molecule has 2 heterocycles. The molecule has 1 unspecified atom stereocenters. The molecule has 1 atom stereocenters. The van der Waals surface area contributed by atoms with Crippen molar-refractivity contribution in [3.05, 3.63) is 24.3 Å². The van der Waals surface area contributed by atoms with Gasteiger partial charge in [-0.2, -0.15) is 0 Å². The van der Waals surface area contributed by atoms with E-state index in [9.17, 15) is 14.4 Å². The van der Waals surface area contributed by atoms with Crippen LogP contribution in [0.5, 0.6) is 0 Å². The topological polar surface area (TPSA) is 91.0 Å². The molecule has 3 rings (SSSR count). The maximum Gasteiger partial charge on any atom is 0.238 e. The summed E-state index contributed by atoms with van der Waals surface area (Å²) in [4.78, 5) is 41.8. The second kappa shape index (κ2) is 10.6. The summed E-state index contributed by atoms with van der Waals surface area (Å²) in [5.41, 5.74) is 0.806. The number of nitrogens with zero attached hydrogens (tertiary/aromatic N) is 2. The molecular formula is C20H28N4O4S. The van der Waals surface area contributed by atoms with Gasteiger partial charge >= 0.3 is 0 Å². The standard InChI is InChI=1S/C20H28N4O4S/c1-28-12-4-7-21-18(25)14-23-8-10-24(11-9-23)19(26)13-17-20(27)22-15-5-2-3-6-16(15)29-17/h2-3,5-6,17H,4,7-14H2,1H3,(H,21,25)(H,22,27). The Morgan fingerprint density at radius 3 is 2.76 bits per heavy atom. The van der Waals surface area contributed by atoms with Crippen molar-refractivity contribution < 1.29 is 19.1 Å². The molecule has 2 N–H and O–H groups in total. The Bertz CT molecular complexity index is 737. The predicted molar refractivity (Wildman–Crippen MR) is 112 cm³/mol. The highest BCUT2D eigenvalue weighted by Gasteiger charge is 2.31. The molecule has 1 aromatic rings. The Morgan fingerprint density at radius 1 is 1.24 bits per heavy atom. The van der Waals surface area contributed by atoms with E-state index in [0.29, 0.717) is 45.9 Å². The first kappa shape index (κ1) is 21.6. The van der Waals surface area contributed by atoms with Gasteiger partial charge in [0.2, 0.25) is 17.7 Å². The van der Waals surface area contributed by atoms with Gasteiger partial charge in [0.15, 0.2) is 0 Å². The smallest absolute Gasteiger partial charge is 0.238 e. The summed E-state index contributed by atoms with van der Waals surface area (Å²) in [6.07, 6.45) is 0.979. The summed E-state index contributed by atoms with van der Waals surface area (Å²) in [5.74, 6) is -0.138. The monoisotopic (exact) mass is 420 g/mol. The molecule has 0 radical (unpaired) electrons. The predicted octanol–water partition coefficient (Wildman–Crippen LogP) is 0.786. The Labute approximate surface area is 175 Å². The maximum atomic E-state index is 12.7. The van der Waals surface area contributed by atoms with Gasteiger partial charge < -0.3 is 20.3 Å². The van der Waals surface area contributed by atoms with E-state index in [1.165, 1.54) is 11.8 Å². The van der Waals surface area contributed by atoms with Crippen molar-refractivity contribution in [2.45, 2.75) is 23.0 Å². The lowest BCUT2D eigenvalue weighted by atomic mass is 10.2. The highest BCUT2D eigenvalue weighted by molar-refractivity contribution is 8.01. The van der Waals surface area contributed by atoms with E-state index in [1.807, 2.05) is 29.2 Å². The van der Waals surface area contributed by atoms with E-state index in [1.54, 1.807) is 12.0 Å². The molecule has 3 amide bonds. The van der Waals surface area contributed by atoms with Crippen molar-refractivity contribution in [3.63, 3.8) is 0 Å². The minimum atomic E-state index is -0.409. The third kappa shape index (κ3) is 6.19. The second-order valence-electron chi connectivity index (χ2n) is 7.15. The number of piperazine rings is 1. The molecular weight excluding hydrogens is 392 g/mol. The number of hydrogen-bond donors (Lipinski definition) is 2. The van der Waals surface area contributed by atoms with Gasteiger partial charge in [-0.3, -0.25) is 19.3 Å². The average molecular weight is 421 g/mol. The van der Waals surface area contributed by atoms with E-state index in [0.717, 1.165) is 17.0 Å². The molecule has 29 heavy (non-hydrogen) atoms. The Kier molecular flexibility index (Phi) is 7.91. The van der Waals surface area contributed by atoms with E-state index in [2.05, 4.69) is 10.6 Å². The number of para-hydroxylation sites is 1. The minimum absolute atomic E-state index is 0.00479. The number of fused-ring (bicyclic) bond motifs is 1. The van der Waals surface area contributed by atoms with Gasteiger partial charge in [-0.25, -0.2) is 0 Å². The molecule has 0 spiro atoms. The van der Waals surface area contributed by atoms with Gasteiger partial charge in [0.05, 0.1) is 17.5 Å². The van der Waals surface area contributed by atoms with Crippen LogP contribution in [0.2, 0.25) is 0 Å². The summed E-state index contributed by atoms with van der Waals surface area (Å²) in [7, 11) is 1.64. The first-order chi connectivity index (χ1) is 14.1. The van der Waals surface area contributed by atoms with Gasteiger partial charge in [0.25, 0.3) is 0 Å². The van der Waals surface area contributed by atoms with Crippen molar-refractivity contribution in [1.29, 1.82) is 0 Å². The highest BCUT2D eigenvalue weighted by atomic mass is 32.2. The number of rotatable bonds is 8. The molecule has 0 aromatic heterocycles. The zero-order valence-electron chi connectivity index (χ0n) is 16.7. The van der Waals surface area contributed by atoms with E-state index >= 15 is 0 Å². The van der Waals surface area contributed by atoms with Crippen LogP contribution in [0.4, 0.5) is 5.69 Å². The molecule has 8 nitrogen and oxygen atoms in total. The molecule has 0 saturated carbocycles. The normalized spacial score (nSPS) is 19.4. The van der Waals surface area contributed by atoms with Crippen LogP contribution in [0.1, 0.15) is 12.8 Å². The molecule has 1 fully saturated rings. The molecule has 2 aliphatic rings. The number of thioether (sulfide) groups is 1. The molecule has 2 aliphatic heterocycles. The van der Waals surface area contributed by atoms with E-state index in [4.69, 9.17) is 4.74 Å². The zero-order valence-corrected chi connectivity index (χ0v) is 17.5. The molecule has 0 aliphatic carbocycles. The van der Waals surface area contributed by atoms with Crippen molar-refractivity contribution in [1.82, 2.24) is 15.1 Å². The maximum absolute atomic E-state index is 12.7. The van der Waals surface area contributed by atoms with E-state index < -0.39 is 5.25 Å². The Hall–Kier alpha value is -2.10. The van der Waals surface area contributed by atoms with Crippen LogP contribution in [0.15, 0.2) is 29.2 Å². The molecule has 1 saturated heterocycles. The largest absolute Gasteiger partial charge is 0.385 e. The van der Waals surface area contributed by atoms with Gasteiger partial charge in [0.1, 0.15) is 0 Å². The van der Waals surface area contributed by atoms with Crippen LogP contribution < -0.4 is 10.6 Å². The molecule has 1 aromatic carbocycles. The van der Waals surface area contributed by atoms with Crippen molar-refractivity contribution in [3.8, 4) is 0 Å². The van der Waals surface area contributed by atoms with Gasteiger partial charge in [0, 0.05) is 57.8 Å². The number of anilines is 1. The summed E-state index contributed by atoms with van der Waals surface area (Å²) >= 11 is 1.45. The molecule has 0 bridgehead atoms. The zero-order chi connectivity index (χ0) is 20.6. The first-order valence-corrected chi connectivity index (χ1v) is 10.8. The van der Waals surface area contributed by atoms with Crippen molar-refractivity contribution in [2.75, 3.05) is 58.3 Å². The molecule has 9 heteroatoms. The first-order valence-electron chi connectivity index (χ1n) is 9.89. The quantitative estimate of drug-likeness (QED) is 0.604. The third-order valence-electron chi connectivity index (χ3n) is 5.01. The number of hydrogen-bond acceptors (Lipinski definition) is 6. The van der Waals surface area contributed by atoms with Crippen LogP contribution >= 0.6 is 11.8 Å². The SMILES string of the molecule is COCCCNC(=O)CN1CCN(C(=O)CC2Sc3ccccc3NC2=O)CC1. The van der Waals surface area contributed by atoms with E-state index in [-0.39, 0.29) is 24.1 Å². The number of carbonyl (C=O) groups is 3. The highest BCUT2D eigenvalue weighted by Crippen LogP contribution is 2.36. The van der Waals surface area contributed by atoms with Crippen LogP contribution in [0.25, 0.3) is 0 Å². The van der Waals surface area contributed by atoms with Crippen molar-refractivity contribution >= 4 is 35.2 Å². The van der Waals surface area contributed by atoms with Crippen LogP contribution in [0.3, 0.4) is 0 Å². The average Bonchev–Trinajstić information content (AvgIpc) is 2.72. The fourth-order valence-electron chi connectivity index (χ4n) is 3.37. The number of benzene rings is 1. The second-order valence-corrected chi connectivity index (χ2v) is 8.39. The van der Waals surface area contributed by atoms with Gasteiger partial charge in [-0.1, -0.05) is 12.1 Å². The Morgan fingerprint density at radius 2 is 2.00 bits per heavy atom. The summed E-state index contributed by atoms with van der Waals surface area (Å²) in [5, 5.41) is 5.35. The lowest BCUT2D eigenvalue weighted by Crippen LogP contribution is -2.51. The third-order valence-corrected chi connectivity index (χ3v) is 6.28. The van der Waals surface area contributed by atoms with Crippen LogP contribution in [-0.2, 0) is 19.1 Å². The summed E-state index contributed by atoms with van der Waals surface area (Å²) in [6.45, 7) is 4.04. The van der Waals surface area contributed by atoms with Crippen LogP contribution in [-0.4, -0.2) is 85.8 Å². The fraction of sp³-hybridized carbons (Fsp3) is 0.550.